The molecular weight excluding hydrogens is 318 g/mol. The smallest absolute Gasteiger partial charge is 0.128 e. The van der Waals surface area contributed by atoms with E-state index in [0.717, 1.165) is 28.5 Å². The summed E-state index contributed by atoms with van der Waals surface area (Å²) in [6.45, 7) is 6.44. The Morgan fingerprint density at radius 2 is 1.85 bits per heavy atom. The largest absolute Gasteiger partial charge is 0.507 e. The van der Waals surface area contributed by atoms with Crippen LogP contribution in [-0.4, -0.2) is 17.4 Å². The summed E-state index contributed by atoms with van der Waals surface area (Å²) in [5.41, 5.74) is 3.93. The summed E-state index contributed by atoms with van der Waals surface area (Å²) in [5, 5.41) is 11.0. The van der Waals surface area contributed by atoms with Crippen LogP contribution in [0.3, 0.4) is 0 Å². The van der Waals surface area contributed by atoms with Gasteiger partial charge in [-0.25, -0.2) is 0 Å². The number of benzene rings is 2. The summed E-state index contributed by atoms with van der Waals surface area (Å²) in [7, 11) is 0. The minimum absolute atomic E-state index is 0.258. The van der Waals surface area contributed by atoms with E-state index in [4.69, 9.17) is 4.99 Å². The average molecular weight is 348 g/mol. The first-order valence-corrected chi connectivity index (χ1v) is 9.88. The number of rotatable bonds is 4. The van der Waals surface area contributed by atoms with Crippen LogP contribution in [0, 0.1) is 18.8 Å². The molecule has 3 unspecified atom stereocenters. The van der Waals surface area contributed by atoms with E-state index in [0.29, 0.717) is 11.8 Å². The van der Waals surface area contributed by atoms with Gasteiger partial charge in [0.1, 0.15) is 5.75 Å². The number of nitrogens with zero attached hydrogens (tertiary/aromatic N) is 1. The van der Waals surface area contributed by atoms with E-state index in [1.54, 1.807) is 0 Å². The van der Waals surface area contributed by atoms with Gasteiger partial charge in [0.25, 0.3) is 0 Å². The molecule has 0 amide bonds. The van der Waals surface area contributed by atoms with Crippen molar-refractivity contribution in [2.75, 3.05) is 0 Å². The zero-order valence-corrected chi connectivity index (χ0v) is 16.1. The Labute approximate surface area is 157 Å². The van der Waals surface area contributed by atoms with Gasteiger partial charge in [0.05, 0.1) is 6.04 Å². The van der Waals surface area contributed by atoms with Gasteiger partial charge < -0.3 is 5.11 Å². The van der Waals surface area contributed by atoms with Gasteiger partial charge in [-0.05, 0) is 55.2 Å². The second-order valence-corrected chi connectivity index (χ2v) is 8.76. The summed E-state index contributed by atoms with van der Waals surface area (Å²) in [4.78, 5) is 4.89. The molecule has 3 atom stereocenters. The first-order valence-electron chi connectivity index (χ1n) is 9.88. The number of hydrogen-bond donors (Lipinski definition) is 1. The Balaban J connectivity index is 1.67. The van der Waals surface area contributed by atoms with E-state index in [1.807, 2.05) is 12.3 Å². The van der Waals surface area contributed by atoms with Crippen LogP contribution in [0.25, 0.3) is 0 Å². The average Bonchev–Trinajstić information content (AvgIpc) is 3.26. The molecule has 4 rings (SSSR count). The Morgan fingerprint density at radius 3 is 2.50 bits per heavy atom. The number of aryl methyl sites for hydroxylation is 1. The van der Waals surface area contributed by atoms with Crippen LogP contribution in [0.5, 0.6) is 5.75 Å². The van der Waals surface area contributed by atoms with Crippen molar-refractivity contribution in [1.29, 1.82) is 0 Å². The van der Waals surface area contributed by atoms with Gasteiger partial charge in [-0.15, -0.1) is 0 Å². The zero-order chi connectivity index (χ0) is 18.3. The van der Waals surface area contributed by atoms with Gasteiger partial charge in [0.15, 0.2) is 0 Å². The summed E-state index contributed by atoms with van der Waals surface area (Å²) < 4.78 is 0. The number of aromatic hydroxyl groups is 1. The normalized spacial score (nSPS) is 25.3. The predicted molar refractivity (Wildman–Crippen MR) is 108 cm³/mol. The van der Waals surface area contributed by atoms with Crippen molar-refractivity contribution in [2.45, 2.75) is 57.9 Å². The lowest BCUT2D eigenvalue weighted by atomic mass is 9.76. The van der Waals surface area contributed by atoms with Crippen LogP contribution in [-0.2, 0) is 5.41 Å². The van der Waals surface area contributed by atoms with Gasteiger partial charge in [-0.2, -0.15) is 0 Å². The number of phenolic OH excluding ortho intramolecular Hbond substituents is 1. The molecule has 2 aliphatic carbocycles. The molecule has 136 valence electrons. The number of phenols is 1. The molecule has 0 aliphatic heterocycles. The SMILES string of the molecule is Cc1cc(C=NC2CC3CCC2C3)c(O)c(C(C)(C)c2ccccc2)c1. The number of hydrogen-bond acceptors (Lipinski definition) is 2. The molecule has 2 fully saturated rings. The van der Waals surface area contributed by atoms with E-state index >= 15 is 0 Å². The van der Waals surface area contributed by atoms with Gasteiger partial charge in [-0.3, -0.25) is 4.99 Å². The molecule has 2 saturated carbocycles. The van der Waals surface area contributed by atoms with Crippen molar-refractivity contribution >= 4 is 6.21 Å². The molecule has 26 heavy (non-hydrogen) atoms. The van der Waals surface area contributed by atoms with Crippen LogP contribution in [0.1, 0.15) is 61.8 Å². The molecule has 2 heteroatoms. The Morgan fingerprint density at radius 1 is 1.08 bits per heavy atom. The first-order chi connectivity index (χ1) is 12.4. The van der Waals surface area contributed by atoms with E-state index in [-0.39, 0.29) is 5.41 Å². The van der Waals surface area contributed by atoms with Crippen LogP contribution >= 0.6 is 0 Å². The van der Waals surface area contributed by atoms with Gasteiger partial charge in [0, 0.05) is 22.8 Å². The molecule has 2 bridgehead atoms. The molecule has 2 aliphatic rings. The quantitative estimate of drug-likeness (QED) is 0.714. The van der Waals surface area contributed by atoms with Crippen LogP contribution < -0.4 is 0 Å². The van der Waals surface area contributed by atoms with Gasteiger partial charge in [0.2, 0.25) is 0 Å². The molecule has 2 aromatic carbocycles. The second-order valence-electron chi connectivity index (χ2n) is 8.76. The van der Waals surface area contributed by atoms with Crippen molar-refractivity contribution in [3.05, 3.63) is 64.7 Å². The topological polar surface area (TPSA) is 32.6 Å². The Hall–Kier alpha value is -2.09. The summed E-state index contributed by atoms with van der Waals surface area (Å²) in [6, 6.07) is 15.0. The van der Waals surface area contributed by atoms with Crippen molar-refractivity contribution in [3.8, 4) is 5.75 Å². The van der Waals surface area contributed by atoms with Crippen LogP contribution in [0.4, 0.5) is 0 Å². The third kappa shape index (κ3) is 3.06. The van der Waals surface area contributed by atoms with Crippen molar-refractivity contribution in [3.63, 3.8) is 0 Å². The summed E-state index contributed by atoms with van der Waals surface area (Å²) >= 11 is 0. The number of aliphatic imine (C=N–C) groups is 1. The molecule has 2 aromatic rings. The lowest BCUT2D eigenvalue weighted by molar-refractivity contribution is 0.421. The maximum absolute atomic E-state index is 11.0. The molecule has 0 saturated heterocycles. The Bertz CT molecular complexity index is 822. The maximum atomic E-state index is 11.0. The van der Waals surface area contributed by atoms with Crippen LogP contribution in [0.2, 0.25) is 0 Å². The highest BCUT2D eigenvalue weighted by molar-refractivity contribution is 5.85. The Kier molecular flexibility index (Phi) is 4.38. The van der Waals surface area contributed by atoms with E-state index in [1.165, 1.54) is 31.2 Å². The van der Waals surface area contributed by atoms with E-state index in [2.05, 4.69) is 57.2 Å². The molecule has 0 spiro atoms. The van der Waals surface area contributed by atoms with Crippen molar-refractivity contribution in [2.24, 2.45) is 16.8 Å². The monoisotopic (exact) mass is 347 g/mol. The van der Waals surface area contributed by atoms with E-state index < -0.39 is 0 Å². The molecule has 0 radical (unpaired) electrons. The van der Waals surface area contributed by atoms with E-state index in [9.17, 15) is 5.11 Å². The third-order valence-corrected chi connectivity index (χ3v) is 6.56. The third-order valence-electron chi connectivity index (χ3n) is 6.56. The number of fused-ring (bicyclic) bond motifs is 2. The molecular formula is C24H29NO. The highest BCUT2D eigenvalue weighted by Crippen LogP contribution is 2.46. The highest BCUT2D eigenvalue weighted by atomic mass is 16.3. The molecule has 0 heterocycles. The maximum Gasteiger partial charge on any atom is 0.128 e. The zero-order valence-electron chi connectivity index (χ0n) is 16.1. The van der Waals surface area contributed by atoms with Crippen molar-refractivity contribution < 1.29 is 5.11 Å². The molecule has 0 aromatic heterocycles. The fourth-order valence-corrected chi connectivity index (χ4v) is 4.96. The fraction of sp³-hybridized carbons (Fsp3) is 0.458. The molecule has 2 nitrogen and oxygen atoms in total. The predicted octanol–water partition coefficient (Wildman–Crippen LogP) is 5.63. The summed E-state index contributed by atoms with van der Waals surface area (Å²) in [5.74, 6) is 2.03. The summed E-state index contributed by atoms with van der Waals surface area (Å²) in [6.07, 6.45) is 7.24. The lowest BCUT2D eigenvalue weighted by Crippen LogP contribution is -2.20. The first kappa shape index (κ1) is 17.3. The standard InChI is InChI=1S/C24H29NO/c1-16-11-19(15-25-22-14-17-9-10-18(22)13-17)23(26)21(12-16)24(2,3)20-7-5-4-6-8-20/h4-8,11-12,15,17-18,22,26H,9-10,13-14H2,1-3H3. The van der Waals surface area contributed by atoms with Gasteiger partial charge >= 0.3 is 0 Å². The fourth-order valence-electron chi connectivity index (χ4n) is 4.96. The minimum atomic E-state index is -0.258. The lowest BCUT2D eigenvalue weighted by Gasteiger charge is -2.28. The minimum Gasteiger partial charge on any atom is -0.507 e. The van der Waals surface area contributed by atoms with Crippen LogP contribution in [0.15, 0.2) is 47.5 Å². The highest BCUT2D eigenvalue weighted by Gasteiger charge is 2.39. The second kappa shape index (κ2) is 6.57. The molecule has 1 N–H and O–H groups in total. The van der Waals surface area contributed by atoms with Crippen molar-refractivity contribution in [1.82, 2.24) is 0 Å². The van der Waals surface area contributed by atoms with Gasteiger partial charge in [-0.1, -0.05) is 56.7 Å².